The minimum absolute atomic E-state index is 0.138. The van der Waals surface area contributed by atoms with Gasteiger partial charge in [0.1, 0.15) is 5.82 Å². The Morgan fingerprint density at radius 3 is 2.35 bits per heavy atom. The van der Waals surface area contributed by atoms with Crippen molar-refractivity contribution in [2.24, 2.45) is 7.05 Å². The molecule has 0 aliphatic rings. The number of alkyl halides is 2. The molecular formula is C13H14F2N4O. The van der Waals surface area contributed by atoms with Crippen molar-refractivity contribution < 1.29 is 13.6 Å². The van der Waals surface area contributed by atoms with Crippen LogP contribution in [0.3, 0.4) is 0 Å². The van der Waals surface area contributed by atoms with E-state index in [2.05, 4.69) is 15.4 Å². The summed E-state index contributed by atoms with van der Waals surface area (Å²) in [7, 11) is 1.70. The standard InChI is InChI=1S/C13H14F2N4O/c1-8-16-12(18-19(8)3)17-11(20)9-4-6-10(7-5-9)13(2,14)15/h4-7H,1-3H3,(H,17,18,20). The predicted octanol–water partition coefficient (Wildman–Crippen LogP) is 2.49. The number of carbonyl (C=O) groups is 1. The smallest absolute Gasteiger partial charge is 0.270 e. The Morgan fingerprint density at radius 1 is 1.30 bits per heavy atom. The number of aryl methyl sites for hydroxylation is 2. The first kappa shape index (κ1) is 14.1. The van der Waals surface area contributed by atoms with Crippen LogP contribution in [0.2, 0.25) is 0 Å². The van der Waals surface area contributed by atoms with E-state index in [0.29, 0.717) is 5.82 Å². The van der Waals surface area contributed by atoms with Gasteiger partial charge in [-0.3, -0.25) is 14.8 Å². The fourth-order valence-electron chi connectivity index (χ4n) is 1.60. The van der Waals surface area contributed by atoms with Gasteiger partial charge in [-0.25, -0.2) is 8.78 Å². The van der Waals surface area contributed by atoms with E-state index in [1.807, 2.05) is 0 Å². The van der Waals surface area contributed by atoms with Gasteiger partial charge in [0, 0.05) is 25.1 Å². The molecule has 1 amide bonds. The highest BCUT2D eigenvalue weighted by atomic mass is 19.3. The summed E-state index contributed by atoms with van der Waals surface area (Å²) in [5.74, 6) is -2.53. The number of amides is 1. The Bertz CT molecular complexity index is 609. The molecule has 2 aromatic rings. The largest absolute Gasteiger partial charge is 0.289 e. The van der Waals surface area contributed by atoms with E-state index in [4.69, 9.17) is 0 Å². The van der Waals surface area contributed by atoms with Crippen molar-refractivity contribution >= 4 is 11.9 Å². The van der Waals surface area contributed by atoms with E-state index in [1.165, 1.54) is 28.9 Å². The molecule has 7 heteroatoms. The van der Waals surface area contributed by atoms with Gasteiger partial charge in [0.15, 0.2) is 0 Å². The zero-order valence-corrected chi connectivity index (χ0v) is 11.3. The molecule has 106 valence electrons. The number of benzene rings is 1. The molecule has 0 aliphatic heterocycles. The second kappa shape index (κ2) is 4.99. The molecule has 0 saturated carbocycles. The maximum Gasteiger partial charge on any atom is 0.270 e. The number of halogens is 2. The molecule has 0 fully saturated rings. The maximum atomic E-state index is 13.1. The third kappa shape index (κ3) is 2.98. The zero-order valence-electron chi connectivity index (χ0n) is 11.3. The lowest BCUT2D eigenvalue weighted by Gasteiger charge is -2.10. The number of hydrogen-bond donors (Lipinski definition) is 1. The number of rotatable bonds is 3. The summed E-state index contributed by atoms with van der Waals surface area (Å²) in [5, 5.41) is 6.49. The van der Waals surface area contributed by atoms with Crippen LogP contribution in [-0.4, -0.2) is 20.7 Å². The summed E-state index contributed by atoms with van der Waals surface area (Å²) in [6.45, 7) is 2.56. The molecule has 1 heterocycles. The first-order valence-electron chi connectivity index (χ1n) is 5.95. The van der Waals surface area contributed by atoms with Gasteiger partial charge in [0.05, 0.1) is 0 Å². The number of carbonyl (C=O) groups excluding carboxylic acids is 1. The van der Waals surface area contributed by atoms with Gasteiger partial charge < -0.3 is 0 Å². The van der Waals surface area contributed by atoms with Crippen LogP contribution in [0, 0.1) is 6.92 Å². The second-order valence-electron chi connectivity index (χ2n) is 4.53. The number of nitrogens with one attached hydrogen (secondary N) is 1. The average Bonchev–Trinajstić information content (AvgIpc) is 2.67. The lowest BCUT2D eigenvalue weighted by atomic mass is 10.1. The van der Waals surface area contributed by atoms with Crippen LogP contribution in [0.15, 0.2) is 24.3 Å². The Morgan fingerprint density at radius 2 is 1.90 bits per heavy atom. The van der Waals surface area contributed by atoms with Crippen LogP contribution in [-0.2, 0) is 13.0 Å². The summed E-state index contributed by atoms with van der Waals surface area (Å²) in [4.78, 5) is 15.9. The van der Waals surface area contributed by atoms with Crippen molar-refractivity contribution in [1.82, 2.24) is 14.8 Å². The summed E-state index contributed by atoms with van der Waals surface area (Å²) in [6.07, 6.45) is 0. The molecule has 0 aliphatic carbocycles. The molecule has 5 nitrogen and oxygen atoms in total. The van der Waals surface area contributed by atoms with Gasteiger partial charge in [0.25, 0.3) is 11.8 Å². The highest BCUT2D eigenvalue weighted by molar-refractivity contribution is 6.03. The van der Waals surface area contributed by atoms with E-state index in [9.17, 15) is 13.6 Å². The number of aromatic nitrogens is 3. The van der Waals surface area contributed by atoms with Crippen LogP contribution in [0.25, 0.3) is 0 Å². The topological polar surface area (TPSA) is 59.8 Å². The minimum atomic E-state index is -2.92. The van der Waals surface area contributed by atoms with Crippen molar-refractivity contribution in [2.45, 2.75) is 19.8 Å². The van der Waals surface area contributed by atoms with E-state index in [-0.39, 0.29) is 17.1 Å². The van der Waals surface area contributed by atoms with Crippen molar-refractivity contribution in [2.75, 3.05) is 5.32 Å². The first-order valence-corrected chi connectivity index (χ1v) is 5.95. The molecule has 0 unspecified atom stereocenters. The molecular weight excluding hydrogens is 266 g/mol. The fourth-order valence-corrected chi connectivity index (χ4v) is 1.60. The highest BCUT2D eigenvalue weighted by Crippen LogP contribution is 2.26. The van der Waals surface area contributed by atoms with Crippen molar-refractivity contribution in [3.05, 3.63) is 41.2 Å². The second-order valence-corrected chi connectivity index (χ2v) is 4.53. The van der Waals surface area contributed by atoms with Crippen molar-refractivity contribution in [3.63, 3.8) is 0 Å². The molecule has 1 aromatic carbocycles. The average molecular weight is 280 g/mol. The monoisotopic (exact) mass is 280 g/mol. The summed E-state index contributed by atoms with van der Waals surface area (Å²) in [5.41, 5.74) is 0.129. The van der Waals surface area contributed by atoms with Crippen LogP contribution in [0.5, 0.6) is 0 Å². The predicted molar refractivity (Wildman–Crippen MR) is 69.7 cm³/mol. The highest BCUT2D eigenvalue weighted by Gasteiger charge is 2.24. The molecule has 0 atom stereocenters. The summed E-state index contributed by atoms with van der Waals surface area (Å²) in [6, 6.07) is 5.15. The van der Waals surface area contributed by atoms with Crippen molar-refractivity contribution in [1.29, 1.82) is 0 Å². The number of anilines is 1. The zero-order chi connectivity index (χ0) is 14.9. The molecule has 1 aromatic heterocycles. The van der Waals surface area contributed by atoms with E-state index < -0.39 is 11.8 Å². The van der Waals surface area contributed by atoms with E-state index in [0.717, 1.165) is 6.92 Å². The molecule has 0 spiro atoms. The number of hydrogen-bond acceptors (Lipinski definition) is 3. The van der Waals surface area contributed by atoms with Crippen LogP contribution in [0.4, 0.5) is 14.7 Å². The third-order valence-electron chi connectivity index (χ3n) is 2.86. The lowest BCUT2D eigenvalue weighted by molar-refractivity contribution is 0.0174. The normalized spacial score (nSPS) is 11.4. The van der Waals surface area contributed by atoms with Crippen LogP contribution in [0.1, 0.15) is 28.7 Å². The molecule has 0 radical (unpaired) electrons. The maximum absolute atomic E-state index is 13.1. The van der Waals surface area contributed by atoms with Crippen LogP contribution >= 0.6 is 0 Å². The lowest BCUT2D eigenvalue weighted by Crippen LogP contribution is -2.14. The molecule has 0 bridgehead atoms. The first-order chi connectivity index (χ1) is 9.27. The Labute approximate surface area is 114 Å². The van der Waals surface area contributed by atoms with Gasteiger partial charge in [-0.05, 0) is 19.1 Å². The molecule has 20 heavy (non-hydrogen) atoms. The van der Waals surface area contributed by atoms with Gasteiger partial charge in [0.2, 0.25) is 5.95 Å². The SMILES string of the molecule is Cc1nc(NC(=O)c2ccc(C(C)(F)F)cc2)nn1C. The number of nitrogens with zero attached hydrogens (tertiary/aromatic N) is 3. The quantitative estimate of drug-likeness (QED) is 0.939. The minimum Gasteiger partial charge on any atom is -0.289 e. The Hall–Kier alpha value is -2.31. The fraction of sp³-hybridized carbons (Fsp3) is 0.308. The molecule has 1 N–H and O–H groups in total. The van der Waals surface area contributed by atoms with E-state index >= 15 is 0 Å². The summed E-state index contributed by atoms with van der Waals surface area (Å²) >= 11 is 0. The summed E-state index contributed by atoms with van der Waals surface area (Å²) < 4.78 is 27.6. The van der Waals surface area contributed by atoms with Gasteiger partial charge >= 0.3 is 0 Å². The molecule has 2 rings (SSSR count). The third-order valence-corrected chi connectivity index (χ3v) is 2.86. The Balaban J connectivity index is 2.13. The molecule has 0 saturated heterocycles. The van der Waals surface area contributed by atoms with Crippen LogP contribution < -0.4 is 5.32 Å². The van der Waals surface area contributed by atoms with Gasteiger partial charge in [-0.2, -0.15) is 4.98 Å². The van der Waals surface area contributed by atoms with Gasteiger partial charge in [-0.1, -0.05) is 12.1 Å². The van der Waals surface area contributed by atoms with E-state index in [1.54, 1.807) is 14.0 Å². The van der Waals surface area contributed by atoms with Gasteiger partial charge in [-0.15, -0.1) is 5.10 Å². The van der Waals surface area contributed by atoms with Crippen molar-refractivity contribution in [3.8, 4) is 0 Å². The Kier molecular flexibility index (Phi) is 3.52.